The number of benzene rings is 1. The van der Waals surface area contributed by atoms with E-state index < -0.39 is 19.8 Å². The average molecular weight is 751 g/mol. The van der Waals surface area contributed by atoms with Crippen molar-refractivity contribution in [2.45, 2.75) is 96.6 Å². The molecule has 14 heteroatoms. The van der Waals surface area contributed by atoms with E-state index in [0.29, 0.717) is 32.3 Å². The molecule has 2 N–H and O–H groups in total. The molecule has 0 bridgehead atoms. The van der Waals surface area contributed by atoms with E-state index in [-0.39, 0.29) is 18.2 Å². The van der Waals surface area contributed by atoms with E-state index in [1.807, 2.05) is 74.3 Å². The lowest BCUT2D eigenvalue weighted by Crippen LogP contribution is -2.36. The molecule has 13 nitrogen and oxygen atoms in total. The van der Waals surface area contributed by atoms with Gasteiger partial charge in [-0.25, -0.2) is 19.6 Å². The zero-order valence-corrected chi connectivity index (χ0v) is 33.0. The van der Waals surface area contributed by atoms with Crippen molar-refractivity contribution in [1.82, 2.24) is 39.3 Å². The van der Waals surface area contributed by atoms with Crippen LogP contribution in [-0.2, 0) is 16.2 Å². The lowest BCUT2D eigenvalue weighted by molar-refractivity contribution is 0.0218. The number of fused-ring (bicyclic) bond motifs is 1. The molecule has 2 fully saturated rings. The summed E-state index contributed by atoms with van der Waals surface area (Å²) < 4.78 is 13.8. The number of ether oxygens (including phenoxy) is 2. The van der Waals surface area contributed by atoms with Crippen LogP contribution in [0, 0.1) is 0 Å². The molecule has 4 aromatic heterocycles. The van der Waals surface area contributed by atoms with Gasteiger partial charge in [-0.05, 0) is 76.8 Å². The Kier molecular flexibility index (Phi) is 10.3. The quantitative estimate of drug-likeness (QED) is 0.105. The highest BCUT2D eigenvalue weighted by molar-refractivity contribution is 6.76. The first-order valence-corrected chi connectivity index (χ1v) is 22.5. The molecular formula is C40H50N8O5Si. The molecule has 2 atom stereocenters. The molecule has 1 aromatic carbocycles. The van der Waals surface area contributed by atoms with Gasteiger partial charge in [-0.1, -0.05) is 31.8 Å². The van der Waals surface area contributed by atoms with Crippen LogP contribution in [0.4, 0.5) is 9.59 Å². The number of aromatic nitrogens is 6. The second-order valence-electron chi connectivity index (χ2n) is 16.5. The van der Waals surface area contributed by atoms with Crippen LogP contribution in [0.1, 0.15) is 70.2 Å². The summed E-state index contributed by atoms with van der Waals surface area (Å²) in [5, 5.41) is 10.8. The molecular weight excluding hydrogens is 701 g/mol. The van der Waals surface area contributed by atoms with Gasteiger partial charge in [0.1, 0.15) is 24.0 Å². The number of rotatable bonds is 10. The summed E-state index contributed by atoms with van der Waals surface area (Å²) >= 11 is 0. The van der Waals surface area contributed by atoms with Crippen LogP contribution in [0.15, 0.2) is 61.2 Å². The maximum Gasteiger partial charge on any atom is 0.410 e. The molecule has 54 heavy (non-hydrogen) atoms. The van der Waals surface area contributed by atoms with Crippen LogP contribution < -0.4 is 0 Å². The molecule has 2 aliphatic rings. The van der Waals surface area contributed by atoms with Crippen molar-refractivity contribution in [2.75, 3.05) is 19.7 Å². The van der Waals surface area contributed by atoms with Gasteiger partial charge in [0.2, 0.25) is 0 Å². The van der Waals surface area contributed by atoms with E-state index >= 15 is 0 Å². The Morgan fingerprint density at radius 3 is 2.33 bits per heavy atom. The van der Waals surface area contributed by atoms with Gasteiger partial charge >= 0.3 is 12.2 Å². The minimum Gasteiger partial charge on any atom is -0.465 e. The third-order valence-corrected chi connectivity index (χ3v) is 11.7. The maximum atomic E-state index is 12.8. The summed E-state index contributed by atoms with van der Waals surface area (Å²) in [5.74, 6) is 1.45. The Morgan fingerprint density at radius 2 is 1.61 bits per heavy atom. The van der Waals surface area contributed by atoms with Gasteiger partial charge in [0.05, 0.1) is 47.1 Å². The Balaban J connectivity index is 1.09. The van der Waals surface area contributed by atoms with E-state index in [1.165, 1.54) is 4.90 Å². The van der Waals surface area contributed by atoms with Gasteiger partial charge in [0.15, 0.2) is 0 Å². The van der Waals surface area contributed by atoms with Crippen LogP contribution in [0.5, 0.6) is 0 Å². The number of pyridine rings is 2. The van der Waals surface area contributed by atoms with Gasteiger partial charge in [0.25, 0.3) is 0 Å². The lowest BCUT2D eigenvalue weighted by Gasteiger charge is -2.27. The summed E-state index contributed by atoms with van der Waals surface area (Å²) in [5.41, 5.74) is 5.49. The van der Waals surface area contributed by atoms with E-state index in [4.69, 9.17) is 24.4 Å². The Bertz CT molecular complexity index is 2130. The van der Waals surface area contributed by atoms with E-state index in [1.54, 1.807) is 11.1 Å². The summed E-state index contributed by atoms with van der Waals surface area (Å²) in [6.07, 6.45) is 9.27. The Hall–Kier alpha value is -5.08. The van der Waals surface area contributed by atoms with Crippen LogP contribution in [0.3, 0.4) is 0 Å². The molecule has 6 heterocycles. The number of hydrogen-bond donors (Lipinski definition) is 2. The second kappa shape index (κ2) is 15.0. The Morgan fingerprint density at radius 1 is 0.870 bits per heavy atom. The minimum atomic E-state index is -1.28. The van der Waals surface area contributed by atoms with Crippen molar-refractivity contribution in [3.63, 3.8) is 0 Å². The van der Waals surface area contributed by atoms with Gasteiger partial charge in [0, 0.05) is 62.2 Å². The van der Waals surface area contributed by atoms with E-state index in [9.17, 15) is 14.7 Å². The first kappa shape index (κ1) is 37.2. The van der Waals surface area contributed by atoms with Crippen molar-refractivity contribution in [1.29, 1.82) is 0 Å². The molecule has 5 aromatic rings. The van der Waals surface area contributed by atoms with Crippen molar-refractivity contribution in [2.24, 2.45) is 0 Å². The predicted octanol–water partition coefficient (Wildman–Crippen LogP) is 8.75. The first-order chi connectivity index (χ1) is 25.7. The molecule has 0 unspecified atom stereocenters. The highest BCUT2D eigenvalue weighted by Gasteiger charge is 2.36. The number of hydrogen-bond acceptors (Lipinski definition) is 8. The van der Waals surface area contributed by atoms with Crippen LogP contribution in [-0.4, -0.2) is 90.0 Å². The van der Waals surface area contributed by atoms with Crippen molar-refractivity contribution in [3.05, 3.63) is 72.8 Å². The fourth-order valence-corrected chi connectivity index (χ4v) is 7.96. The predicted molar refractivity (Wildman–Crippen MR) is 210 cm³/mol. The summed E-state index contributed by atoms with van der Waals surface area (Å²) in [4.78, 5) is 50.6. The number of imidazole rings is 2. The van der Waals surface area contributed by atoms with E-state index in [0.717, 1.165) is 82.2 Å². The highest BCUT2D eigenvalue weighted by Crippen LogP contribution is 2.36. The molecule has 0 saturated carbocycles. The summed E-state index contributed by atoms with van der Waals surface area (Å²) in [6.45, 7) is 14.7. The SMILES string of the molecule is CC(C)(C)OC(=O)N1CCC[C@H]1c1ncc(-c2ccc(-c3ccc4cc(-c5cnc([C@@H]6CCCN6C(=O)O)n5COCC[Si](C)(C)C)cnc4c3)nc2)[nH]1. The normalized spacial score (nSPS) is 17.8. The first-order valence-electron chi connectivity index (χ1n) is 18.8. The average Bonchev–Trinajstić information content (AvgIpc) is 3.95. The third-order valence-electron chi connectivity index (χ3n) is 10.0. The molecule has 2 aliphatic heterocycles. The number of nitrogens with one attached hydrogen (secondary N) is 1. The molecule has 7 rings (SSSR count). The van der Waals surface area contributed by atoms with Crippen molar-refractivity contribution in [3.8, 4) is 33.8 Å². The molecule has 0 radical (unpaired) electrons. The molecule has 0 spiro atoms. The summed E-state index contributed by atoms with van der Waals surface area (Å²) in [6, 6.07) is 12.8. The number of H-pyrrole nitrogens is 1. The standard InChI is InChI=1S/C40H50N8O5Si/c1-40(2,3)53-39(51)47-16-7-9-33(47)36-43-23-32(45-36)28-13-14-30(41-21-28)27-12-11-26-19-29(22-42-31(26)20-27)35-24-44-37(34-10-8-15-46(34)38(49)50)48(35)25-52-17-18-54(4,5)6/h11-14,19-24,33-34H,7-10,15-18,25H2,1-6H3,(H,43,45)(H,49,50)/t33-,34-/m0/s1. The summed E-state index contributed by atoms with van der Waals surface area (Å²) in [7, 11) is -1.28. The van der Waals surface area contributed by atoms with Crippen LogP contribution in [0.25, 0.3) is 44.7 Å². The molecule has 2 amide bonds. The topological polar surface area (TPSA) is 152 Å². The zero-order valence-electron chi connectivity index (χ0n) is 32.0. The number of nitrogens with zero attached hydrogens (tertiary/aromatic N) is 7. The number of carbonyl (C=O) groups excluding carboxylic acids is 1. The largest absolute Gasteiger partial charge is 0.465 e. The Labute approximate surface area is 316 Å². The monoisotopic (exact) mass is 750 g/mol. The van der Waals surface area contributed by atoms with Crippen molar-refractivity contribution < 1.29 is 24.2 Å². The number of likely N-dealkylation sites (tertiary alicyclic amines) is 2. The zero-order chi connectivity index (χ0) is 38.2. The van der Waals surface area contributed by atoms with E-state index in [2.05, 4.69) is 35.7 Å². The minimum absolute atomic E-state index is 0.156. The number of carbonyl (C=O) groups is 2. The third kappa shape index (κ3) is 8.19. The van der Waals surface area contributed by atoms with Crippen LogP contribution >= 0.6 is 0 Å². The fourth-order valence-electron chi connectivity index (χ4n) is 7.21. The number of carboxylic acid groups (broad SMARTS) is 1. The van der Waals surface area contributed by atoms with Gasteiger partial charge in [-0.3, -0.25) is 19.8 Å². The second-order valence-corrected chi connectivity index (χ2v) is 22.1. The molecule has 0 aliphatic carbocycles. The van der Waals surface area contributed by atoms with Gasteiger partial charge < -0.3 is 24.1 Å². The smallest absolute Gasteiger partial charge is 0.410 e. The fraction of sp³-hybridized carbons (Fsp3) is 0.450. The number of amides is 2. The molecule has 284 valence electrons. The van der Waals surface area contributed by atoms with Crippen molar-refractivity contribution >= 4 is 31.2 Å². The highest BCUT2D eigenvalue weighted by atomic mass is 28.3. The van der Waals surface area contributed by atoms with Crippen LogP contribution in [0.2, 0.25) is 25.7 Å². The number of aromatic amines is 1. The van der Waals surface area contributed by atoms with Gasteiger partial charge in [-0.15, -0.1) is 0 Å². The molecule has 2 saturated heterocycles. The lowest BCUT2D eigenvalue weighted by atomic mass is 10.1. The maximum absolute atomic E-state index is 12.8. The van der Waals surface area contributed by atoms with Gasteiger partial charge in [-0.2, -0.15) is 0 Å².